The summed E-state index contributed by atoms with van der Waals surface area (Å²) in [6, 6.07) is 4.91. The molecule has 204 valence electrons. The Morgan fingerprint density at radius 3 is 2.30 bits per heavy atom. The zero-order chi connectivity index (χ0) is 26.6. The molecule has 7 heteroatoms. The standard InChI is InChI=1S/C30H48N6O/c1-28(2,3)37-21-14-22(27-25(15-21)32-11-12-33-27)23-17-36(18-24(23)31)30(6,7)10-9-29(4,5)35-13-8-20-16-34-26(20)19-35/h11-12,14-15,20,23-24,26,34H,8-10,13,16-19,31H2,1-7H3/t20?,23?,24-,26?/m0/s1. The topological polar surface area (TPSA) is 79.5 Å². The van der Waals surface area contributed by atoms with Gasteiger partial charge in [0.2, 0.25) is 0 Å². The molecule has 3 unspecified atom stereocenters. The number of hydrogen-bond acceptors (Lipinski definition) is 7. The molecule has 37 heavy (non-hydrogen) atoms. The van der Waals surface area contributed by atoms with E-state index in [4.69, 9.17) is 15.5 Å². The normalized spacial score (nSPS) is 27.8. The SMILES string of the molecule is CC(C)(C)Oc1cc(C2CN(C(C)(C)CCC(C)(C)N3CCC4CNC4C3)C[C@@H]2N)c2nccnc2c1. The lowest BCUT2D eigenvalue weighted by Crippen LogP contribution is -2.65. The van der Waals surface area contributed by atoms with Crippen molar-refractivity contribution in [3.8, 4) is 5.75 Å². The van der Waals surface area contributed by atoms with Crippen LogP contribution in [0.25, 0.3) is 11.0 Å². The van der Waals surface area contributed by atoms with Crippen LogP contribution in [-0.2, 0) is 0 Å². The minimum Gasteiger partial charge on any atom is -0.488 e. The van der Waals surface area contributed by atoms with Crippen molar-refractivity contribution in [2.75, 3.05) is 32.7 Å². The highest BCUT2D eigenvalue weighted by Gasteiger charge is 2.43. The second-order valence-corrected chi connectivity index (χ2v) is 14.0. The highest BCUT2D eigenvalue weighted by molar-refractivity contribution is 5.80. The molecule has 3 aliphatic rings. The maximum atomic E-state index is 6.85. The van der Waals surface area contributed by atoms with Gasteiger partial charge in [-0.1, -0.05) is 0 Å². The molecule has 4 atom stereocenters. The van der Waals surface area contributed by atoms with Crippen molar-refractivity contribution in [3.05, 3.63) is 30.1 Å². The van der Waals surface area contributed by atoms with Gasteiger partial charge in [0.1, 0.15) is 11.4 Å². The lowest BCUT2D eigenvalue weighted by molar-refractivity contribution is 0.00787. The largest absolute Gasteiger partial charge is 0.488 e. The number of hydrogen-bond donors (Lipinski definition) is 2. The van der Waals surface area contributed by atoms with Gasteiger partial charge in [0.25, 0.3) is 0 Å². The number of piperidine rings is 1. The predicted molar refractivity (Wildman–Crippen MR) is 151 cm³/mol. The number of rotatable bonds is 7. The molecule has 7 nitrogen and oxygen atoms in total. The van der Waals surface area contributed by atoms with Crippen LogP contribution in [0.3, 0.4) is 0 Å². The van der Waals surface area contributed by atoms with Crippen LogP contribution in [0.5, 0.6) is 5.75 Å². The fourth-order valence-corrected chi connectivity index (χ4v) is 6.52. The van der Waals surface area contributed by atoms with Crippen molar-refractivity contribution in [2.24, 2.45) is 11.7 Å². The summed E-state index contributed by atoms with van der Waals surface area (Å²) in [7, 11) is 0. The maximum absolute atomic E-state index is 6.85. The lowest BCUT2D eigenvalue weighted by Gasteiger charge is -2.52. The molecule has 5 rings (SSSR count). The zero-order valence-corrected chi connectivity index (χ0v) is 24.1. The Morgan fingerprint density at radius 1 is 0.946 bits per heavy atom. The van der Waals surface area contributed by atoms with Gasteiger partial charge in [-0.25, -0.2) is 0 Å². The Labute approximate surface area is 223 Å². The van der Waals surface area contributed by atoms with E-state index in [1.807, 2.05) is 6.07 Å². The Balaban J connectivity index is 1.30. The van der Waals surface area contributed by atoms with Gasteiger partial charge in [0.05, 0.1) is 11.0 Å². The van der Waals surface area contributed by atoms with E-state index in [1.165, 1.54) is 32.5 Å². The number of aromatic nitrogens is 2. The van der Waals surface area contributed by atoms with Crippen LogP contribution < -0.4 is 15.8 Å². The Kier molecular flexibility index (Phi) is 7.06. The molecular formula is C30H48N6O. The monoisotopic (exact) mass is 508 g/mol. The zero-order valence-electron chi connectivity index (χ0n) is 24.1. The minimum atomic E-state index is -0.282. The van der Waals surface area contributed by atoms with Crippen molar-refractivity contribution in [3.63, 3.8) is 0 Å². The van der Waals surface area contributed by atoms with Crippen LogP contribution >= 0.6 is 0 Å². The van der Waals surface area contributed by atoms with E-state index in [1.54, 1.807) is 12.4 Å². The molecule has 0 bridgehead atoms. The molecule has 0 radical (unpaired) electrons. The van der Waals surface area contributed by atoms with Gasteiger partial charge in [0, 0.05) is 67.2 Å². The Hall–Kier alpha value is -1.80. The lowest BCUT2D eigenvalue weighted by atomic mass is 9.81. The van der Waals surface area contributed by atoms with Crippen molar-refractivity contribution < 1.29 is 4.74 Å². The number of nitrogens with one attached hydrogen (secondary N) is 1. The molecule has 0 amide bonds. The van der Waals surface area contributed by atoms with E-state index in [9.17, 15) is 0 Å². The first-order valence-electron chi connectivity index (χ1n) is 14.3. The van der Waals surface area contributed by atoms with E-state index in [2.05, 4.69) is 74.6 Å². The van der Waals surface area contributed by atoms with Gasteiger partial charge in [-0.05, 0) is 98.4 Å². The smallest absolute Gasteiger partial charge is 0.122 e. The molecule has 0 saturated carbocycles. The van der Waals surface area contributed by atoms with E-state index < -0.39 is 0 Å². The molecule has 0 aliphatic carbocycles. The highest BCUT2D eigenvalue weighted by Crippen LogP contribution is 2.39. The quantitative estimate of drug-likeness (QED) is 0.581. The third kappa shape index (κ3) is 5.65. The molecule has 1 aromatic carbocycles. The van der Waals surface area contributed by atoms with E-state index in [-0.39, 0.29) is 28.6 Å². The van der Waals surface area contributed by atoms with Gasteiger partial charge in [-0.3, -0.25) is 19.8 Å². The summed E-state index contributed by atoms with van der Waals surface area (Å²) in [5.41, 5.74) is 9.81. The van der Waals surface area contributed by atoms with Gasteiger partial charge in [-0.2, -0.15) is 0 Å². The average Bonchev–Trinajstić information content (AvgIpc) is 3.19. The molecule has 3 saturated heterocycles. The van der Waals surface area contributed by atoms with Crippen molar-refractivity contribution in [2.45, 2.75) is 102 Å². The van der Waals surface area contributed by atoms with E-state index >= 15 is 0 Å². The van der Waals surface area contributed by atoms with Crippen LogP contribution in [0.4, 0.5) is 0 Å². The molecule has 3 fully saturated rings. The van der Waals surface area contributed by atoms with E-state index in [0.29, 0.717) is 6.04 Å². The maximum Gasteiger partial charge on any atom is 0.122 e. The fourth-order valence-electron chi connectivity index (χ4n) is 6.52. The van der Waals surface area contributed by atoms with Gasteiger partial charge in [-0.15, -0.1) is 0 Å². The van der Waals surface area contributed by atoms with Crippen LogP contribution in [-0.4, -0.2) is 81.3 Å². The first kappa shape index (κ1) is 26.8. The van der Waals surface area contributed by atoms with Crippen molar-refractivity contribution in [1.29, 1.82) is 0 Å². The summed E-state index contributed by atoms with van der Waals surface area (Å²) in [6.45, 7) is 21.3. The summed E-state index contributed by atoms with van der Waals surface area (Å²) in [5, 5.41) is 3.64. The van der Waals surface area contributed by atoms with Crippen LogP contribution in [0, 0.1) is 5.92 Å². The molecule has 3 N–H and O–H groups in total. The fraction of sp³-hybridized carbons (Fsp3) is 0.733. The van der Waals surface area contributed by atoms with E-state index in [0.717, 1.165) is 47.8 Å². The summed E-state index contributed by atoms with van der Waals surface area (Å²) in [5.74, 6) is 1.94. The van der Waals surface area contributed by atoms with Crippen LogP contribution in [0.15, 0.2) is 24.5 Å². The van der Waals surface area contributed by atoms with Crippen molar-refractivity contribution >= 4 is 11.0 Å². The third-order valence-corrected chi connectivity index (χ3v) is 9.22. The van der Waals surface area contributed by atoms with Crippen LogP contribution in [0.2, 0.25) is 0 Å². The summed E-state index contributed by atoms with van der Waals surface area (Å²) >= 11 is 0. The number of ether oxygens (including phenoxy) is 1. The molecule has 4 heterocycles. The summed E-state index contributed by atoms with van der Waals surface area (Å²) in [6.07, 6.45) is 7.19. The second kappa shape index (κ2) is 9.74. The first-order chi connectivity index (χ1) is 17.3. The number of benzene rings is 1. The van der Waals surface area contributed by atoms with Gasteiger partial charge in [0.15, 0.2) is 0 Å². The molecule has 0 spiro atoms. The number of likely N-dealkylation sites (tertiary alicyclic amines) is 2. The molecule has 2 aromatic rings. The predicted octanol–water partition coefficient (Wildman–Crippen LogP) is 4.16. The third-order valence-electron chi connectivity index (χ3n) is 9.22. The van der Waals surface area contributed by atoms with Crippen molar-refractivity contribution in [1.82, 2.24) is 25.1 Å². The number of fused-ring (bicyclic) bond motifs is 2. The Bertz CT molecular complexity index is 1110. The van der Waals surface area contributed by atoms with Gasteiger partial charge < -0.3 is 15.8 Å². The Morgan fingerprint density at radius 2 is 1.65 bits per heavy atom. The number of nitrogens with zero attached hydrogens (tertiary/aromatic N) is 4. The molecular weight excluding hydrogens is 460 g/mol. The van der Waals surface area contributed by atoms with Gasteiger partial charge >= 0.3 is 0 Å². The number of nitrogens with two attached hydrogens (primary N) is 1. The molecule has 1 aromatic heterocycles. The van der Waals surface area contributed by atoms with Crippen LogP contribution in [0.1, 0.15) is 79.2 Å². The summed E-state index contributed by atoms with van der Waals surface area (Å²) < 4.78 is 6.26. The molecule has 3 aliphatic heterocycles. The second-order valence-electron chi connectivity index (χ2n) is 14.0. The summed E-state index contributed by atoms with van der Waals surface area (Å²) in [4.78, 5) is 14.7. The first-order valence-corrected chi connectivity index (χ1v) is 14.3. The minimum absolute atomic E-state index is 0.0473. The highest BCUT2D eigenvalue weighted by atomic mass is 16.5. The average molecular weight is 509 g/mol.